The lowest BCUT2D eigenvalue weighted by atomic mass is 10.2. The zero-order valence-electron chi connectivity index (χ0n) is 8.24. The number of allylic oxidation sites excluding steroid dienone is 2. The predicted molar refractivity (Wildman–Crippen MR) is 58.7 cm³/mol. The van der Waals surface area contributed by atoms with Crippen molar-refractivity contribution in [2.45, 2.75) is 13.8 Å². The third kappa shape index (κ3) is 4.75. The van der Waals surface area contributed by atoms with E-state index in [9.17, 15) is 4.79 Å². The van der Waals surface area contributed by atoms with Gasteiger partial charge < -0.3 is 0 Å². The van der Waals surface area contributed by atoms with Gasteiger partial charge >= 0.3 is 0 Å². The fourth-order valence-corrected chi connectivity index (χ4v) is 1.05. The maximum absolute atomic E-state index is 10.9. The van der Waals surface area contributed by atoms with Gasteiger partial charge in [0.15, 0.2) is 0 Å². The summed E-state index contributed by atoms with van der Waals surface area (Å²) in [6, 6.07) is 0. The Morgan fingerprint density at radius 3 is 2.46 bits per heavy atom. The topological polar surface area (TPSA) is 32.3 Å². The minimum absolute atomic E-state index is 0.286. The molecule has 3 nitrogen and oxygen atoms in total. The third-order valence-electron chi connectivity index (χ3n) is 1.59. The first-order valence-corrected chi connectivity index (χ1v) is 4.56. The Balaban J connectivity index is 4.29. The van der Waals surface area contributed by atoms with Gasteiger partial charge in [-0.15, -0.1) is 0 Å². The fourth-order valence-electron chi connectivity index (χ4n) is 0.879. The number of amides is 1. The van der Waals surface area contributed by atoms with Gasteiger partial charge in [0.25, 0.3) is 5.24 Å². The molecular formula is C9H16N2OS. The molecule has 0 aliphatic rings. The molecule has 0 fully saturated rings. The summed E-state index contributed by atoms with van der Waals surface area (Å²) in [4.78, 5) is 10.9. The normalized spacial score (nSPS) is 12.2. The average molecular weight is 200 g/mol. The van der Waals surface area contributed by atoms with E-state index in [1.54, 1.807) is 7.05 Å². The van der Waals surface area contributed by atoms with Crippen LogP contribution in [0, 0.1) is 0 Å². The number of carbonyl (C=O) groups excluding carboxylic acids is 1. The second-order valence-electron chi connectivity index (χ2n) is 2.46. The van der Waals surface area contributed by atoms with Gasteiger partial charge in [0, 0.05) is 7.05 Å². The number of hydrogen-bond acceptors (Lipinski definition) is 2. The summed E-state index contributed by atoms with van der Waals surface area (Å²) in [5.74, 6) is 0. The summed E-state index contributed by atoms with van der Waals surface area (Å²) in [5, 5.41) is 1.14. The molecule has 74 valence electrons. The zero-order chi connectivity index (χ0) is 10.3. The van der Waals surface area contributed by atoms with Crippen LogP contribution < -0.4 is 5.43 Å². The van der Waals surface area contributed by atoms with Crippen LogP contribution in [0.4, 0.5) is 4.79 Å². The Labute approximate surface area is 84.9 Å². The van der Waals surface area contributed by atoms with Crippen LogP contribution in [-0.4, -0.2) is 23.8 Å². The smallest absolute Gasteiger partial charge is 0.265 e. The fraction of sp³-hybridized carbons (Fsp3) is 0.444. The van der Waals surface area contributed by atoms with Crippen LogP contribution in [0.3, 0.4) is 0 Å². The van der Waals surface area contributed by atoms with E-state index in [-0.39, 0.29) is 5.24 Å². The van der Waals surface area contributed by atoms with Crippen molar-refractivity contribution in [3.05, 3.63) is 23.8 Å². The third-order valence-corrected chi connectivity index (χ3v) is 1.83. The zero-order valence-corrected chi connectivity index (χ0v) is 9.14. The van der Waals surface area contributed by atoms with E-state index in [0.717, 1.165) is 5.57 Å². The Hall–Kier alpha value is -0.740. The number of rotatable bonds is 4. The van der Waals surface area contributed by atoms with Crippen LogP contribution in [0.5, 0.6) is 0 Å². The highest BCUT2D eigenvalue weighted by Gasteiger charge is 2.06. The molecule has 1 N–H and O–H groups in total. The predicted octanol–water partition coefficient (Wildman–Crippen LogP) is 2.00. The molecule has 0 saturated heterocycles. The summed E-state index contributed by atoms with van der Waals surface area (Å²) < 4.78 is 0. The lowest BCUT2D eigenvalue weighted by molar-refractivity contribution is 0.210. The van der Waals surface area contributed by atoms with Gasteiger partial charge in [-0.25, -0.2) is 5.43 Å². The van der Waals surface area contributed by atoms with Crippen LogP contribution in [0.25, 0.3) is 0 Å². The number of carbonyl (C=O) groups is 1. The Morgan fingerprint density at radius 2 is 2.15 bits per heavy atom. The molecule has 1 amide bonds. The van der Waals surface area contributed by atoms with E-state index < -0.39 is 0 Å². The largest absolute Gasteiger partial charge is 0.293 e. The first kappa shape index (κ1) is 12.3. The Morgan fingerprint density at radius 1 is 1.54 bits per heavy atom. The van der Waals surface area contributed by atoms with Crippen LogP contribution in [0.1, 0.15) is 13.8 Å². The molecule has 0 aliphatic carbocycles. The first-order valence-electron chi connectivity index (χ1n) is 4.11. The SMILES string of the molecule is C/C=C\C(=C/C)CN(NC)C(=O)S. The second-order valence-corrected chi connectivity index (χ2v) is 2.84. The van der Waals surface area contributed by atoms with Crippen LogP contribution in [0.2, 0.25) is 0 Å². The molecule has 0 rings (SSSR count). The van der Waals surface area contributed by atoms with Crippen molar-refractivity contribution in [3.63, 3.8) is 0 Å². The Bertz CT molecular complexity index is 224. The highest BCUT2D eigenvalue weighted by atomic mass is 32.1. The van der Waals surface area contributed by atoms with Gasteiger partial charge in [0.2, 0.25) is 0 Å². The first-order chi connectivity index (χ1) is 6.15. The van der Waals surface area contributed by atoms with E-state index in [4.69, 9.17) is 0 Å². The lowest BCUT2D eigenvalue weighted by Crippen LogP contribution is -2.38. The molecule has 13 heavy (non-hydrogen) atoms. The van der Waals surface area contributed by atoms with Crippen LogP contribution >= 0.6 is 12.6 Å². The molecule has 0 aliphatic heterocycles. The maximum Gasteiger partial charge on any atom is 0.293 e. The molecule has 4 heteroatoms. The van der Waals surface area contributed by atoms with Gasteiger partial charge in [-0.05, 0) is 19.4 Å². The summed E-state index contributed by atoms with van der Waals surface area (Å²) >= 11 is 3.73. The van der Waals surface area contributed by atoms with Gasteiger partial charge in [0.1, 0.15) is 0 Å². The van der Waals surface area contributed by atoms with E-state index in [1.807, 2.05) is 32.1 Å². The molecule has 0 saturated carbocycles. The van der Waals surface area contributed by atoms with Gasteiger partial charge in [-0.1, -0.05) is 30.9 Å². The van der Waals surface area contributed by atoms with Crippen molar-refractivity contribution in [1.82, 2.24) is 10.4 Å². The Kier molecular flexibility index (Phi) is 6.36. The standard InChI is InChI=1S/C9H16N2OS/c1-4-6-8(5-2)7-11(10-3)9(12)13/h4-6,10H,7H2,1-3H3,(H,12,13)/b6-4-,8-5+. The molecule has 0 atom stereocenters. The number of thiol groups is 1. The number of nitrogens with one attached hydrogen (secondary N) is 1. The molecule has 0 bridgehead atoms. The molecule has 0 aromatic heterocycles. The number of hydrazine groups is 1. The van der Waals surface area contributed by atoms with Gasteiger partial charge in [-0.2, -0.15) is 0 Å². The second kappa shape index (κ2) is 6.74. The van der Waals surface area contributed by atoms with Crippen molar-refractivity contribution in [2.24, 2.45) is 0 Å². The van der Waals surface area contributed by atoms with Gasteiger partial charge in [0.05, 0.1) is 6.54 Å². The van der Waals surface area contributed by atoms with Crippen LogP contribution in [-0.2, 0) is 0 Å². The minimum atomic E-state index is -0.286. The van der Waals surface area contributed by atoms with E-state index in [0.29, 0.717) is 6.54 Å². The number of nitrogens with zero attached hydrogens (tertiary/aromatic N) is 1. The summed E-state index contributed by atoms with van der Waals surface area (Å²) in [6.07, 6.45) is 5.86. The van der Waals surface area contributed by atoms with Crippen molar-refractivity contribution >= 4 is 17.9 Å². The maximum atomic E-state index is 10.9. The summed E-state index contributed by atoms with van der Waals surface area (Å²) in [7, 11) is 1.69. The van der Waals surface area contributed by atoms with E-state index in [1.165, 1.54) is 5.01 Å². The minimum Gasteiger partial charge on any atom is -0.265 e. The average Bonchev–Trinajstić information content (AvgIpc) is 2.11. The van der Waals surface area contributed by atoms with E-state index >= 15 is 0 Å². The van der Waals surface area contributed by atoms with E-state index in [2.05, 4.69) is 18.1 Å². The molecule has 0 heterocycles. The van der Waals surface area contributed by atoms with Crippen LogP contribution in [0.15, 0.2) is 23.8 Å². The van der Waals surface area contributed by atoms with Crippen molar-refractivity contribution in [1.29, 1.82) is 0 Å². The summed E-state index contributed by atoms with van der Waals surface area (Å²) in [5.41, 5.74) is 3.83. The molecular weight excluding hydrogens is 184 g/mol. The van der Waals surface area contributed by atoms with Crippen molar-refractivity contribution in [3.8, 4) is 0 Å². The highest BCUT2D eigenvalue weighted by molar-refractivity contribution is 7.96. The monoisotopic (exact) mass is 200 g/mol. The molecule has 0 aromatic carbocycles. The highest BCUT2D eigenvalue weighted by Crippen LogP contribution is 2.01. The van der Waals surface area contributed by atoms with Crippen molar-refractivity contribution in [2.75, 3.05) is 13.6 Å². The quantitative estimate of drug-likeness (QED) is 0.413. The lowest BCUT2D eigenvalue weighted by Gasteiger charge is -2.18. The molecule has 0 unspecified atom stereocenters. The molecule has 0 aromatic rings. The molecule has 0 spiro atoms. The van der Waals surface area contributed by atoms with Gasteiger partial charge in [-0.3, -0.25) is 9.80 Å². The number of hydrogen-bond donors (Lipinski definition) is 2. The van der Waals surface area contributed by atoms with Crippen molar-refractivity contribution < 1.29 is 4.79 Å². The molecule has 0 radical (unpaired) electrons. The summed E-state index contributed by atoms with van der Waals surface area (Å²) in [6.45, 7) is 4.40.